The third kappa shape index (κ3) is 1.99. The third-order valence-electron chi connectivity index (χ3n) is 3.06. The fraction of sp³-hybridized carbons (Fsp3) is 0.0625. The van der Waals surface area contributed by atoms with Crippen LogP contribution < -0.4 is 4.74 Å². The predicted molar refractivity (Wildman–Crippen MR) is 72.6 cm³/mol. The van der Waals surface area contributed by atoms with Crippen LogP contribution in [0.5, 0.6) is 5.75 Å². The van der Waals surface area contributed by atoms with Crippen LogP contribution in [0.15, 0.2) is 59.2 Å². The summed E-state index contributed by atoms with van der Waals surface area (Å²) < 4.78 is 10.6. The van der Waals surface area contributed by atoms with Crippen molar-refractivity contribution in [3.8, 4) is 5.75 Å². The fourth-order valence-electron chi connectivity index (χ4n) is 2.08. The van der Waals surface area contributed by atoms with Gasteiger partial charge >= 0.3 is 0 Å². The van der Waals surface area contributed by atoms with E-state index in [1.54, 1.807) is 37.6 Å². The first-order chi connectivity index (χ1) is 9.29. The SMILES string of the molecule is COc1cc2occc2cc1C(=O)c1ccccc1. The van der Waals surface area contributed by atoms with E-state index in [9.17, 15) is 4.79 Å². The highest BCUT2D eigenvalue weighted by atomic mass is 16.5. The number of fused-ring (bicyclic) bond motifs is 1. The lowest BCUT2D eigenvalue weighted by molar-refractivity contribution is 0.103. The van der Waals surface area contributed by atoms with Crippen LogP contribution in [0.4, 0.5) is 0 Å². The Hall–Kier alpha value is -2.55. The first-order valence-electron chi connectivity index (χ1n) is 5.94. The van der Waals surface area contributed by atoms with E-state index in [2.05, 4.69) is 0 Å². The Morgan fingerprint density at radius 3 is 2.63 bits per heavy atom. The van der Waals surface area contributed by atoms with Crippen molar-refractivity contribution in [1.29, 1.82) is 0 Å². The number of carbonyl (C=O) groups excluding carboxylic acids is 1. The monoisotopic (exact) mass is 252 g/mol. The average Bonchev–Trinajstić information content (AvgIpc) is 2.93. The van der Waals surface area contributed by atoms with Crippen LogP contribution in [0.25, 0.3) is 11.0 Å². The standard InChI is InChI=1S/C16H12O3/c1-18-15-10-14-12(7-8-19-14)9-13(15)16(17)11-5-3-2-4-6-11/h2-10H,1H3. The van der Waals surface area contributed by atoms with Gasteiger partial charge in [-0.2, -0.15) is 0 Å². The summed E-state index contributed by atoms with van der Waals surface area (Å²) in [6, 6.07) is 14.5. The van der Waals surface area contributed by atoms with Crippen molar-refractivity contribution in [3.63, 3.8) is 0 Å². The van der Waals surface area contributed by atoms with Gasteiger partial charge in [0, 0.05) is 17.0 Å². The minimum atomic E-state index is -0.0550. The summed E-state index contributed by atoms with van der Waals surface area (Å²) in [5, 5.41) is 0.889. The van der Waals surface area contributed by atoms with Crippen molar-refractivity contribution in [3.05, 3.63) is 65.9 Å². The Balaban J connectivity index is 2.15. The van der Waals surface area contributed by atoms with Crippen LogP contribution in [0, 0.1) is 0 Å². The fourth-order valence-corrected chi connectivity index (χ4v) is 2.08. The number of furan rings is 1. The first-order valence-corrected chi connectivity index (χ1v) is 5.94. The van der Waals surface area contributed by atoms with E-state index in [1.807, 2.05) is 24.3 Å². The van der Waals surface area contributed by atoms with E-state index < -0.39 is 0 Å². The van der Waals surface area contributed by atoms with Gasteiger partial charge in [-0.1, -0.05) is 30.3 Å². The van der Waals surface area contributed by atoms with Gasteiger partial charge in [0.05, 0.1) is 18.9 Å². The molecule has 3 nitrogen and oxygen atoms in total. The molecule has 0 aliphatic carbocycles. The lowest BCUT2D eigenvalue weighted by Crippen LogP contribution is -2.03. The Morgan fingerprint density at radius 1 is 1.11 bits per heavy atom. The normalized spacial score (nSPS) is 10.6. The van der Waals surface area contributed by atoms with Crippen LogP contribution >= 0.6 is 0 Å². The molecule has 0 fully saturated rings. The number of carbonyl (C=O) groups is 1. The maximum absolute atomic E-state index is 12.5. The first kappa shape index (κ1) is 11.5. The lowest BCUT2D eigenvalue weighted by Gasteiger charge is -2.07. The van der Waals surface area contributed by atoms with Gasteiger partial charge in [-0.3, -0.25) is 4.79 Å². The molecule has 0 saturated carbocycles. The molecule has 3 heteroatoms. The summed E-state index contributed by atoms with van der Waals surface area (Å²) in [7, 11) is 1.55. The molecule has 0 aliphatic heterocycles. The second-order valence-electron chi connectivity index (χ2n) is 4.21. The molecule has 0 N–H and O–H groups in total. The average molecular weight is 252 g/mol. The van der Waals surface area contributed by atoms with Gasteiger partial charge in [0.1, 0.15) is 11.3 Å². The molecule has 0 unspecified atom stereocenters. The van der Waals surface area contributed by atoms with Gasteiger partial charge < -0.3 is 9.15 Å². The van der Waals surface area contributed by atoms with Crippen LogP contribution in [-0.2, 0) is 0 Å². The largest absolute Gasteiger partial charge is 0.496 e. The Kier molecular flexibility index (Phi) is 2.80. The number of benzene rings is 2. The summed E-state index contributed by atoms with van der Waals surface area (Å²) in [5.74, 6) is 0.469. The van der Waals surface area contributed by atoms with E-state index in [0.717, 1.165) is 5.39 Å². The Labute approximate surface area is 110 Å². The Bertz CT molecular complexity index is 726. The number of rotatable bonds is 3. The van der Waals surface area contributed by atoms with Crippen molar-refractivity contribution >= 4 is 16.8 Å². The van der Waals surface area contributed by atoms with Crippen LogP contribution in [0.1, 0.15) is 15.9 Å². The molecule has 3 aromatic rings. The molecule has 3 rings (SSSR count). The predicted octanol–water partition coefficient (Wildman–Crippen LogP) is 3.67. The number of hydrogen-bond acceptors (Lipinski definition) is 3. The molecule has 1 aromatic heterocycles. The van der Waals surface area contributed by atoms with Crippen molar-refractivity contribution in [2.24, 2.45) is 0 Å². The molecule has 0 spiro atoms. The van der Waals surface area contributed by atoms with Gasteiger partial charge in [-0.05, 0) is 12.1 Å². The number of hydrogen-bond donors (Lipinski definition) is 0. The number of ether oxygens (including phenoxy) is 1. The molecule has 0 amide bonds. The third-order valence-corrected chi connectivity index (χ3v) is 3.06. The molecule has 0 bridgehead atoms. The second-order valence-corrected chi connectivity index (χ2v) is 4.21. The summed E-state index contributed by atoms with van der Waals surface area (Å²) in [5.41, 5.74) is 1.90. The van der Waals surface area contributed by atoms with E-state index >= 15 is 0 Å². The van der Waals surface area contributed by atoms with Gasteiger partial charge in [0.25, 0.3) is 0 Å². The molecule has 94 valence electrons. The molecular weight excluding hydrogens is 240 g/mol. The van der Waals surface area contributed by atoms with Crippen molar-refractivity contribution in [1.82, 2.24) is 0 Å². The van der Waals surface area contributed by atoms with Crippen molar-refractivity contribution in [2.75, 3.05) is 7.11 Å². The zero-order valence-electron chi connectivity index (χ0n) is 10.4. The maximum Gasteiger partial charge on any atom is 0.196 e. The smallest absolute Gasteiger partial charge is 0.196 e. The summed E-state index contributed by atoms with van der Waals surface area (Å²) >= 11 is 0. The van der Waals surface area contributed by atoms with Crippen molar-refractivity contribution in [2.45, 2.75) is 0 Å². The van der Waals surface area contributed by atoms with E-state index in [4.69, 9.17) is 9.15 Å². The quantitative estimate of drug-likeness (QED) is 0.667. The minimum Gasteiger partial charge on any atom is -0.496 e. The van der Waals surface area contributed by atoms with Gasteiger partial charge in [0.2, 0.25) is 0 Å². The second kappa shape index (κ2) is 4.61. The Morgan fingerprint density at radius 2 is 1.89 bits per heavy atom. The summed E-state index contributed by atoms with van der Waals surface area (Å²) in [6.07, 6.45) is 1.60. The molecule has 19 heavy (non-hydrogen) atoms. The van der Waals surface area contributed by atoms with Gasteiger partial charge in [0.15, 0.2) is 5.78 Å². The summed E-state index contributed by atoms with van der Waals surface area (Å²) in [4.78, 5) is 12.5. The van der Waals surface area contributed by atoms with Crippen LogP contribution in [-0.4, -0.2) is 12.9 Å². The van der Waals surface area contributed by atoms with Gasteiger partial charge in [-0.25, -0.2) is 0 Å². The minimum absolute atomic E-state index is 0.0550. The molecule has 0 saturated heterocycles. The highest BCUT2D eigenvalue weighted by Crippen LogP contribution is 2.28. The number of ketones is 1. The zero-order chi connectivity index (χ0) is 13.2. The molecule has 1 heterocycles. The molecule has 0 atom stereocenters. The number of methoxy groups -OCH3 is 1. The van der Waals surface area contributed by atoms with Crippen LogP contribution in [0.3, 0.4) is 0 Å². The topological polar surface area (TPSA) is 39.4 Å². The zero-order valence-corrected chi connectivity index (χ0v) is 10.4. The highest BCUT2D eigenvalue weighted by Gasteiger charge is 2.16. The molecular formula is C16H12O3. The maximum atomic E-state index is 12.5. The van der Waals surface area contributed by atoms with E-state index in [0.29, 0.717) is 22.5 Å². The van der Waals surface area contributed by atoms with E-state index in [1.165, 1.54) is 0 Å². The van der Waals surface area contributed by atoms with Gasteiger partial charge in [-0.15, -0.1) is 0 Å². The molecule has 0 aliphatic rings. The van der Waals surface area contributed by atoms with Crippen molar-refractivity contribution < 1.29 is 13.9 Å². The lowest BCUT2D eigenvalue weighted by atomic mass is 10.0. The molecule has 0 radical (unpaired) electrons. The highest BCUT2D eigenvalue weighted by molar-refractivity contribution is 6.12. The van der Waals surface area contributed by atoms with E-state index in [-0.39, 0.29) is 5.78 Å². The van der Waals surface area contributed by atoms with Crippen LogP contribution in [0.2, 0.25) is 0 Å². The molecule has 2 aromatic carbocycles. The summed E-state index contributed by atoms with van der Waals surface area (Å²) in [6.45, 7) is 0.